The first-order valence-corrected chi connectivity index (χ1v) is 5.48. The lowest BCUT2D eigenvalue weighted by molar-refractivity contribution is 0.433. The molecule has 0 heterocycles. The van der Waals surface area contributed by atoms with Crippen molar-refractivity contribution in [3.8, 4) is 0 Å². The molecule has 90 valence electrons. The molecule has 0 aliphatic carbocycles. The zero-order valence-corrected chi connectivity index (χ0v) is 10.6. The predicted molar refractivity (Wildman–Crippen MR) is 76.9 cm³/mol. The van der Waals surface area contributed by atoms with Gasteiger partial charge in [0.25, 0.3) is 0 Å². The van der Waals surface area contributed by atoms with E-state index in [2.05, 4.69) is 13.2 Å². The smallest absolute Gasteiger partial charge is 0.114 e. The summed E-state index contributed by atoms with van der Waals surface area (Å²) < 4.78 is 0. The normalized spacial score (nSPS) is 14.6. The van der Waals surface area contributed by atoms with Crippen LogP contribution in [0.3, 0.4) is 0 Å². The highest BCUT2D eigenvalue weighted by molar-refractivity contribution is 5.42. The third-order valence-electron chi connectivity index (χ3n) is 2.04. The lowest BCUT2D eigenvalue weighted by Crippen LogP contribution is -1.81. The van der Waals surface area contributed by atoms with Gasteiger partial charge in [0.1, 0.15) is 5.76 Å². The monoisotopic (exact) mass is 228 g/mol. The van der Waals surface area contributed by atoms with Crippen molar-refractivity contribution < 1.29 is 5.11 Å². The first-order chi connectivity index (χ1) is 8.15. The van der Waals surface area contributed by atoms with E-state index in [1.54, 1.807) is 12.2 Å². The standard InChI is InChI=1S/C16H20O/c1-5-8-9-11-15(10-6-2)14(4)12-13-16(17)7-3/h5-13,17H,1,3H2,2,4H3/b9-8?,10-6-,14-12+,15-11+,16-13+. The highest BCUT2D eigenvalue weighted by atomic mass is 16.3. The summed E-state index contributed by atoms with van der Waals surface area (Å²) in [6.07, 6.45) is 16.4. The van der Waals surface area contributed by atoms with Crippen LogP contribution >= 0.6 is 0 Å². The van der Waals surface area contributed by atoms with Crippen LogP contribution in [0.25, 0.3) is 0 Å². The third-order valence-corrected chi connectivity index (χ3v) is 2.04. The van der Waals surface area contributed by atoms with Crippen molar-refractivity contribution in [2.75, 3.05) is 0 Å². The largest absolute Gasteiger partial charge is 0.508 e. The lowest BCUT2D eigenvalue weighted by atomic mass is 10.1. The van der Waals surface area contributed by atoms with E-state index < -0.39 is 0 Å². The molecule has 0 aromatic heterocycles. The molecule has 0 atom stereocenters. The van der Waals surface area contributed by atoms with Gasteiger partial charge in [0.2, 0.25) is 0 Å². The second-order valence-corrected chi connectivity index (χ2v) is 3.39. The Morgan fingerprint density at radius 1 is 1.06 bits per heavy atom. The van der Waals surface area contributed by atoms with Gasteiger partial charge in [0.05, 0.1) is 0 Å². The van der Waals surface area contributed by atoms with E-state index in [1.165, 1.54) is 6.08 Å². The van der Waals surface area contributed by atoms with Gasteiger partial charge in [-0.25, -0.2) is 0 Å². The summed E-state index contributed by atoms with van der Waals surface area (Å²) in [6, 6.07) is 0. The van der Waals surface area contributed by atoms with Crippen LogP contribution < -0.4 is 0 Å². The van der Waals surface area contributed by atoms with E-state index in [0.717, 1.165) is 11.1 Å². The molecule has 0 aliphatic rings. The number of hydrogen-bond acceptors (Lipinski definition) is 1. The van der Waals surface area contributed by atoms with Crippen LogP contribution in [0.4, 0.5) is 0 Å². The van der Waals surface area contributed by atoms with E-state index in [-0.39, 0.29) is 5.76 Å². The minimum Gasteiger partial charge on any atom is -0.508 e. The Labute approximate surface area is 104 Å². The van der Waals surface area contributed by atoms with Crippen molar-refractivity contribution in [3.63, 3.8) is 0 Å². The van der Waals surface area contributed by atoms with E-state index in [0.29, 0.717) is 0 Å². The Hall–Kier alpha value is -2.02. The summed E-state index contributed by atoms with van der Waals surface area (Å²) >= 11 is 0. The van der Waals surface area contributed by atoms with Crippen LogP contribution in [-0.4, -0.2) is 5.11 Å². The molecule has 0 unspecified atom stereocenters. The Balaban J connectivity index is 5.07. The van der Waals surface area contributed by atoms with Crippen molar-refractivity contribution in [1.82, 2.24) is 0 Å². The molecular weight excluding hydrogens is 208 g/mol. The SMILES string of the molecule is C=CC=C/C=C(\C=C/C)C(/C)=C/C=C(/O)C=C. The zero-order valence-electron chi connectivity index (χ0n) is 10.6. The molecule has 1 nitrogen and oxygen atoms in total. The van der Waals surface area contributed by atoms with Crippen LogP contribution in [0.1, 0.15) is 13.8 Å². The summed E-state index contributed by atoms with van der Waals surface area (Å²) in [6.45, 7) is 11.1. The predicted octanol–water partition coefficient (Wildman–Crippen LogP) is 4.81. The maximum Gasteiger partial charge on any atom is 0.114 e. The Morgan fingerprint density at radius 3 is 2.29 bits per heavy atom. The molecule has 1 N–H and O–H groups in total. The minimum absolute atomic E-state index is 0.158. The van der Waals surface area contributed by atoms with E-state index >= 15 is 0 Å². The number of aliphatic hydroxyl groups is 1. The van der Waals surface area contributed by atoms with Crippen LogP contribution in [-0.2, 0) is 0 Å². The van der Waals surface area contributed by atoms with Gasteiger partial charge in [-0.1, -0.05) is 55.7 Å². The molecule has 0 aliphatic heterocycles. The van der Waals surface area contributed by atoms with Gasteiger partial charge in [-0.2, -0.15) is 0 Å². The number of allylic oxidation sites excluding steroid dienone is 11. The molecule has 0 amide bonds. The fraction of sp³-hybridized carbons (Fsp3) is 0.125. The Morgan fingerprint density at radius 2 is 1.76 bits per heavy atom. The third kappa shape index (κ3) is 6.96. The van der Waals surface area contributed by atoms with Crippen LogP contribution in [0, 0.1) is 0 Å². The average molecular weight is 228 g/mol. The van der Waals surface area contributed by atoms with Crippen molar-refractivity contribution in [2.24, 2.45) is 0 Å². The fourth-order valence-corrected chi connectivity index (χ4v) is 1.11. The Bertz CT molecular complexity index is 401. The van der Waals surface area contributed by atoms with Crippen LogP contribution in [0.2, 0.25) is 0 Å². The fourth-order valence-electron chi connectivity index (χ4n) is 1.11. The van der Waals surface area contributed by atoms with Crippen LogP contribution in [0.15, 0.2) is 84.7 Å². The lowest BCUT2D eigenvalue weighted by Gasteiger charge is -2.00. The van der Waals surface area contributed by atoms with Crippen molar-refractivity contribution in [3.05, 3.63) is 84.7 Å². The maximum absolute atomic E-state index is 9.27. The molecule has 0 bridgehead atoms. The van der Waals surface area contributed by atoms with E-state index in [4.69, 9.17) is 0 Å². The highest BCUT2D eigenvalue weighted by Gasteiger charge is 1.93. The number of aliphatic hydroxyl groups excluding tert-OH is 1. The average Bonchev–Trinajstić information content (AvgIpc) is 2.34. The summed E-state index contributed by atoms with van der Waals surface area (Å²) in [4.78, 5) is 0. The second-order valence-electron chi connectivity index (χ2n) is 3.39. The first-order valence-electron chi connectivity index (χ1n) is 5.48. The van der Waals surface area contributed by atoms with Gasteiger partial charge in [0, 0.05) is 0 Å². The molecule has 0 aromatic rings. The highest BCUT2D eigenvalue weighted by Crippen LogP contribution is 2.12. The maximum atomic E-state index is 9.27. The second kappa shape index (κ2) is 9.22. The first kappa shape index (κ1) is 15.0. The molecule has 17 heavy (non-hydrogen) atoms. The van der Waals surface area contributed by atoms with Gasteiger partial charge in [0.15, 0.2) is 0 Å². The van der Waals surface area contributed by atoms with Gasteiger partial charge >= 0.3 is 0 Å². The number of hydrogen-bond donors (Lipinski definition) is 1. The number of rotatable bonds is 6. The Kier molecular flexibility index (Phi) is 8.13. The summed E-state index contributed by atoms with van der Waals surface area (Å²) in [7, 11) is 0. The molecule has 0 saturated heterocycles. The van der Waals surface area contributed by atoms with Gasteiger partial charge < -0.3 is 5.11 Å². The quantitative estimate of drug-likeness (QED) is 0.511. The van der Waals surface area contributed by atoms with Crippen molar-refractivity contribution >= 4 is 0 Å². The molecule has 0 rings (SSSR count). The van der Waals surface area contributed by atoms with E-state index in [9.17, 15) is 5.11 Å². The van der Waals surface area contributed by atoms with Crippen molar-refractivity contribution in [1.29, 1.82) is 0 Å². The molecule has 0 fully saturated rings. The van der Waals surface area contributed by atoms with Gasteiger partial charge in [-0.05, 0) is 37.1 Å². The molecule has 1 heteroatoms. The van der Waals surface area contributed by atoms with Crippen LogP contribution in [0.5, 0.6) is 0 Å². The molecule has 0 aromatic carbocycles. The van der Waals surface area contributed by atoms with E-state index in [1.807, 2.05) is 50.3 Å². The summed E-state index contributed by atoms with van der Waals surface area (Å²) in [5.74, 6) is 0.158. The van der Waals surface area contributed by atoms with Crippen molar-refractivity contribution in [2.45, 2.75) is 13.8 Å². The van der Waals surface area contributed by atoms with Gasteiger partial charge in [-0.3, -0.25) is 0 Å². The van der Waals surface area contributed by atoms with Gasteiger partial charge in [-0.15, -0.1) is 0 Å². The molecule has 0 radical (unpaired) electrons. The molecule has 0 saturated carbocycles. The zero-order chi connectivity index (χ0) is 13.1. The summed E-state index contributed by atoms with van der Waals surface area (Å²) in [5, 5.41) is 9.27. The topological polar surface area (TPSA) is 20.2 Å². The minimum atomic E-state index is 0.158. The molecular formula is C16H20O. The molecule has 0 spiro atoms. The summed E-state index contributed by atoms with van der Waals surface area (Å²) in [5.41, 5.74) is 2.14.